The van der Waals surface area contributed by atoms with Crippen LogP contribution >= 0.6 is 12.4 Å². The van der Waals surface area contributed by atoms with Gasteiger partial charge in [0, 0.05) is 17.6 Å². The van der Waals surface area contributed by atoms with E-state index in [4.69, 9.17) is 11.2 Å². The Morgan fingerprint density at radius 3 is 2.52 bits per heavy atom. The minimum absolute atomic E-state index is 0. The highest BCUT2D eigenvalue weighted by atomic mass is 35.5. The summed E-state index contributed by atoms with van der Waals surface area (Å²) < 4.78 is 5.68. The molecule has 0 saturated carbocycles. The minimum atomic E-state index is 0. The fraction of sp³-hybridized carbons (Fsp3) is 0.333. The van der Waals surface area contributed by atoms with E-state index in [9.17, 15) is 0 Å². The Hall–Kier alpha value is -1.69. The van der Waals surface area contributed by atoms with E-state index in [0.717, 1.165) is 17.9 Å². The summed E-state index contributed by atoms with van der Waals surface area (Å²) in [5.74, 6) is 3.38. The van der Waals surface area contributed by atoms with Crippen LogP contribution in [0.3, 0.4) is 0 Å². The van der Waals surface area contributed by atoms with E-state index in [0.29, 0.717) is 6.61 Å². The van der Waals surface area contributed by atoms with Crippen molar-refractivity contribution in [2.24, 2.45) is 0 Å². The molecule has 2 nitrogen and oxygen atoms in total. The number of ether oxygens (including phenoxy) is 1. The molecule has 0 aliphatic carbocycles. The second kappa shape index (κ2) is 7.36. The molecular formula is C18H22ClNO. The summed E-state index contributed by atoms with van der Waals surface area (Å²) in [5.41, 5.74) is 1.22. The lowest BCUT2D eigenvalue weighted by atomic mass is 10.0. The zero-order chi connectivity index (χ0) is 14.6. The second-order valence-electron chi connectivity index (χ2n) is 5.86. The van der Waals surface area contributed by atoms with Gasteiger partial charge in [-0.3, -0.25) is 0 Å². The van der Waals surface area contributed by atoms with Gasteiger partial charge in [-0.1, -0.05) is 36.3 Å². The van der Waals surface area contributed by atoms with E-state index in [1.54, 1.807) is 0 Å². The molecule has 1 N–H and O–H groups in total. The average Bonchev–Trinajstić information content (AvgIpc) is 2.42. The highest BCUT2D eigenvalue weighted by Gasteiger charge is 2.13. The Bertz CT molecular complexity index is 638. The Labute approximate surface area is 133 Å². The number of halogens is 1. The van der Waals surface area contributed by atoms with Crippen molar-refractivity contribution in [3.8, 4) is 18.1 Å². The number of hydrogen-bond acceptors (Lipinski definition) is 2. The molecule has 0 saturated heterocycles. The van der Waals surface area contributed by atoms with E-state index in [-0.39, 0.29) is 17.9 Å². The Balaban J connectivity index is 0.00000220. The Kier molecular flexibility index (Phi) is 6.08. The van der Waals surface area contributed by atoms with Crippen LogP contribution in [0.25, 0.3) is 10.8 Å². The lowest BCUT2D eigenvalue weighted by Crippen LogP contribution is -2.35. The molecule has 0 unspecified atom stereocenters. The molecule has 0 radical (unpaired) electrons. The topological polar surface area (TPSA) is 21.3 Å². The molecule has 2 aromatic carbocycles. The number of hydrogen-bond donors (Lipinski definition) is 1. The van der Waals surface area contributed by atoms with E-state index in [2.05, 4.69) is 50.2 Å². The van der Waals surface area contributed by atoms with Gasteiger partial charge in [0.2, 0.25) is 0 Å². The minimum Gasteiger partial charge on any atom is -0.481 e. The van der Waals surface area contributed by atoms with Crippen molar-refractivity contribution in [3.05, 3.63) is 42.0 Å². The van der Waals surface area contributed by atoms with Crippen LogP contribution in [-0.4, -0.2) is 12.1 Å². The van der Waals surface area contributed by atoms with Crippen molar-refractivity contribution in [1.82, 2.24) is 5.32 Å². The van der Waals surface area contributed by atoms with Crippen molar-refractivity contribution < 1.29 is 4.74 Å². The molecule has 112 valence electrons. The molecule has 0 fully saturated rings. The lowest BCUT2D eigenvalue weighted by molar-refractivity contribution is 0.360. The van der Waals surface area contributed by atoms with Gasteiger partial charge in [0.1, 0.15) is 12.4 Å². The molecular weight excluding hydrogens is 282 g/mol. The number of benzene rings is 2. The SMILES string of the molecule is C#CCOc1ccc2ccccc2c1CNC(C)(C)C.Cl. The normalized spacial score (nSPS) is 10.8. The molecule has 3 heteroatoms. The first-order valence-electron chi connectivity index (χ1n) is 6.83. The lowest BCUT2D eigenvalue weighted by Gasteiger charge is -2.22. The van der Waals surface area contributed by atoms with Crippen LogP contribution in [0.15, 0.2) is 36.4 Å². The third-order valence-corrected chi connectivity index (χ3v) is 3.10. The van der Waals surface area contributed by atoms with Crippen LogP contribution in [0.4, 0.5) is 0 Å². The van der Waals surface area contributed by atoms with Gasteiger partial charge >= 0.3 is 0 Å². The van der Waals surface area contributed by atoms with Gasteiger partial charge in [-0.15, -0.1) is 18.8 Å². The van der Waals surface area contributed by atoms with Crippen LogP contribution in [0, 0.1) is 12.3 Å². The standard InChI is InChI=1S/C18H21NO.ClH/c1-5-12-20-17-11-10-14-8-6-7-9-15(14)16(17)13-19-18(2,3)4;/h1,6-11,19H,12-13H2,2-4H3;1H. The van der Waals surface area contributed by atoms with Crippen molar-refractivity contribution in [2.45, 2.75) is 32.9 Å². The van der Waals surface area contributed by atoms with Crippen LogP contribution < -0.4 is 10.1 Å². The van der Waals surface area contributed by atoms with Crippen molar-refractivity contribution in [1.29, 1.82) is 0 Å². The third-order valence-electron chi connectivity index (χ3n) is 3.10. The maximum atomic E-state index is 5.68. The van der Waals surface area contributed by atoms with Crippen LogP contribution in [0.5, 0.6) is 5.75 Å². The van der Waals surface area contributed by atoms with Crippen molar-refractivity contribution in [3.63, 3.8) is 0 Å². The molecule has 2 aromatic rings. The average molecular weight is 304 g/mol. The molecule has 0 amide bonds. The molecule has 0 spiro atoms. The summed E-state index contributed by atoms with van der Waals surface area (Å²) >= 11 is 0. The van der Waals surface area contributed by atoms with Gasteiger partial charge in [-0.25, -0.2) is 0 Å². The van der Waals surface area contributed by atoms with Gasteiger partial charge in [0.15, 0.2) is 0 Å². The molecule has 0 aliphatic rings. The van der Waals surface area contributed by atoms with Gasteiger partial charge in [-0.05, 0) is 37.6 Å². The van der Waals surface area contributed by atoms with Gasteiger partial charge in [0.25, 0.3) is 0 Å². The van der Waals surface area contributed by atoms with Gasteiger partial charge < -0.3 is 10.1 Å². The first-order chi connectivity index (χ1) is 9.51. The molecule has 21 heavy (non-hydrogen) atoms. The highest BCUT2D eigenvalue weighted by molar-refractivity contribution is 5.87. The predicted octanol–water partition coefficient (Wildman–Crippen LogP) is 4.16. The van der Waals surface area contributed by atoms with Gasteiger partial charge in [-0.2, -0.15) is 0 Å². The van der Waals surface area contributed by atoms with Crippen molar-refractivity contribution >= 4 is 23.2 Å². The first kappa shape index (κ1) is 17.4. The number of fused-ring (bicyclic) bond motifs is 1. The monoisotopic (exact) mass is 303 g/mol. The molecule has 0 heterocycles. The Morgan fingerprint density at radius 1 is 1.14 bits per heavy atom. The maximum absolute atomic E-state index is 5.68. The Morgan fingerprint density at radius 2 is 1.86 bits per heavy atom. The highest BCUT2D eigenvalue weighted by Crippen LogP contribution is 2.28. The number of nitrogens with one attached hydrogen (secondary N) is 1. The summed E-state index contributed by atoms with van der Waals surface area (Å²) in [4.78, 5) is 0. The van der Waals surface area contributed by atoms with E-state index < -0.39 is 0 Å². The summed E-state index contributed by atoms with van der Waals surface area (Å²) in [6, 6.07) is 12.4. The quantitative estimate of drug-likeness (QED) is 0.856. The smallest absolute Gasteiger partial charge is 0.148 e. The fourth-order valence-electron chi connectivity index (χ4n) is 2.11. The summed E-state index contributed by atoms with van der Waals surface area (Å²) in [6.07, 6.45) is 5.29. The summed E-state index contributed by atoms with van der Waals surface area (Å²) in [6.45, 7) is 7.51. The zero-order valence-electron chi connectivity index (χ0n) is 12.8. The predicted molar refractivity (Wildman–Crippen MR) is 92.1 cm³/mol. The summed E-state index contributed by atoms with van der Waals surface area (Å²) in [5, 5.41) is 5.94. The van der Waals surface area contributed by atoms with Crippen molar-refractivity contribution in [2.75, 3.05) is 6.61 Å². The van der Waals surface area contributed by atoms with E-state index >= 15 is 0 Å². The molecule has 0 bridgehead atoms. The second-order valence-corrected chi connectivity index (χ2v) is 5.86. The van der Waals surface area contributed by atoms with Crippen LogP contribution in [0.2, 0.25) is 0 Å². The van der Waals surface area contributed by atoms with Crippen LogP contribution in [-0.2, 0) is 6.54 Å². The third kappa shape index (κ3) is 4.67. The zero-order valence-corrected chi connectivity index (χ0v) is 13.6. The maximum Gasteiger partial charge on any atom is 0.148 e. The number of rotatable bonds is 4. The molecule has 0 aliphatic heterocycles. The largest absolute Gasteiger partial charge is 0.481 e. The van der Waals surface area contributed by atoms with E-state index in [1.165, 1.54) is 10.8 Å². The van der Waals surface area contributed by atoms with Gasteiger partial charge in [0.05, 0.1) is 0 Å². The molecule has 0 atom stereocenters. The fourth-order valence-corrected chi connectivity index (χ4v) is 2.11. The first-order valence-corrected chi connectivity index (χ1v) is 6.83. The van der Waals surface area contributed by atoms with E-state index in [1.807, 2.05) is 18.2 Å². The number of terminal acetylenes is 1. The molecule has 0 aromatic heterocycles. The summed E-state index contributed by atoms with van der Waals surface area (Å²) in [7, 11) is 0. The van der Waals surface area contributed by atoms with Crippen LogP contribution in [0.1, 0.15) is 26.3 Å². The molecule has 2 rings (SSSR count).